The Balaban J connectivity index is 1.85. The predicted molar refractivity (Wildman–Crippen MR) is 143 cm³/mol. The fourth-order valence-electron chi connectivity index (χ4n) is 4.10. The molecule has 3 heterocycles. The van der Waals surface area contributed by atoms with Gasteiger partial charge in [-0.3, -0.25) is 14.7 Å². The number of rotatable bonds is 10. The summed E-state index contributed by atoms with van der Waals surface area (Å²) in [6, 6.07) is 1.20. The second-order valence-electron chi connectivity index (χ2n) is 8.98. The van der Waals surface area contributed by atoms with Crippen LogP contribution in [-0.2, 0) is 11.2 Å². The molecule has 206 valence electrons. The summed E-state index contributed by atoms with van der Waals surface area (Å²) in [6.45, 7) is 7.96. The van der Waals surface area contributed by atoms with E-state index >= 15 is 0 Å². The molecule has 1 fully saturated rings. The number of aromatic nitrogens is 5. The summed E-state index contributed by atoms with van der Waals surface area (Å²) >= 11 is 1.52. The van der Waals surface area contributed by atoms with Gasteiger partial charge in [0, 0.05) is 12.1 Å². The molecule has 13 heteroatoms. The Morgan fingerprint density at radius 2 is 2.00 bits per heavy atom. The highest BCUT2D eigenvalue weighted by Gasteiger charge is 2.44. The van der Waals surface area contributed by atoms with Crippen LogP contribution < -0.4 is 9.64 Å². The highest BCUT2D eigenvalue weighted by molar-refractivity contribution is 7.99. The Morgan fingerprint density at radius 1 is 1.26 bits per heavy atom. The lowest BCUT2D eigenvalue weighted by Gasteiger charge is -2.31. The quantitative estimate of drug-likeness (QED) is 0.237. The summed E-state index contributed by atoms with van der Waals surface area (Å²) in [5, 5.41) is 0.758. The number of aliphatic imine (C=N–C) groups is 1. The maximum Gasteiger partial charge on any atom is 0.409 e. The number of hydrogen-bond donors (Lipinski definition) is 0. The number of carbonyl (C=O) groups is 1. The van der Waals surface area contributed by atoms with E-state index in [0.29, 0.717) is 21.7 Å². The van der Waals surface area contributed by atoms with E-state index in [1.165, 1.54) is 31.4 Å². The van der Waals surface area contributed by atoms with Crippen LogP contribution in [0.4, 0.5) is 24.7 Å². The second kappa shape index (κ2) is 11.6. The van der Waals surface area contributed by atoms with E-state index in [1.54, 1.807) is 19.1 Å². The predicted octanol–water partition coefficient (Wildman–Crippen LogP) is 5.49. The van der Waals surface area contributed by atoms with Crippen LogP contribution in [0.25, 0.3) is 11.4 Å². The third-order valence-corrected chi connectivity index (χ3v) is 7.05. The fraction of sp³-hybridized carbons (Fsp3) is 0.423. The standard InChI is InChI=1S/C26H28F3N7O2S/c1-6-39-18-10-7-16(12-31-18)11-19(37)36(15(3)26(27,28)29)24-21(30-4)14(2)34-23(35-24)20-22(17-8-9-17)32-13-33-25(20)38-5/h7,10,12-13,15,17H,4,6,8-9,11H2,1-3,5H3. The molecule has 0 N–H and O–H groups in total. The number of halogens is 3. The topological polar surface area (TPSA) is 106 Å². The van der Waals surface area contributed by atoms with E-state index in [-0.39, 0.29) is 41.2 Å². The number of hydrogen-bond acceptors (Lipinski definition) is 9. The van der Waals surface area contributed by atoms with Crippen molar-refractivity contribution in [2.75, 3.05) is 17.8 Å². The molecule has 4 rings (SSSR count). The number of methoxy groups -OCH3 is 1. The fourth-order valence-corrected chi connectivity index (χ4v) is 4.69. The molecule has 1 atom stereocenters. The molecule has 0 aliphatic heterocycles. The van der Waals surface area contributed by atoms with Gasteiger partial charge in [0.1, 0.15) is 23.6 Å². The highest BCUT2D eigenvalue weighted by Crippen LogP contribution is 2.46. The monoisotopic (exact) mass is 559 g/mol. The summed E-state index contributed by atoms with van der Waals surface area (Å²) in [5.41, 5.74) is 1.70. The zero-order valence-corrected chi connectivity index (χ0v) is 22.8. The highest BCUT2D eigenvalue weighted by atomic mass is 32.2. The molecule has 1 saturated carbocycles. The Hall–Kier alpha value is -3.61. The van der Waals surface area contributed by atoms with Crippen molar-refractivity contribution in [1.82, 2.24) is 24.9 Å². The number of amides is 1. The van der Waals surface area contributed by atoms with Crippen LogP contribution in [-0.4, -0.2) is 62.6 Å². The average molecular weight is 560 g/mol. The van der Waals surface area contributed by atoms with Crippen molar-refractivity contribution in [2.45, 2.75) is 63.2 Å². The van der Waals surface area contributed by atoms with Gasteiger partial charge in [0.15, 0.2) is 11.6 Å². The lowest BCUT2D eigenvalue weighted by molar-refractivity contribution is -0.150. The summed E-state index contributed by atoms with van der Waals surface area (Å²) < 4.78 is 47.9. The molecular formula is C26H28F3N7O2S. The van der Waals surface area contributed by atoms with E-state index in [4.69, 9.17) is 4.74 Å². The zero-order chi connectivity index (χ0) is 28.3. The largest absolute Gasteiger partial charge is 0.480 e. The molecule has 0 saturated heterocycles. The number of nitrogens with zero attached hydrogens (tertiary/aromatic N) is 7. The van der Waals surface area contributed by atoms with E-state index in [9.17, 15) is 18.0 Å². The Bertz CT molecular complexity index is 1360. The van der Waals surface area contributed by atoms with Gasteiger partial charge in [-0.1, -0.05) is 13.0 Å². The maximum absolute atomic E-state index is 14.1. The first-order valence-electron chi connectivity index (χ1n) is 12.3. The van der Waals surface area contributed by atoms with Gasteiger partial charge in [0.05, 0.1) is 29.9 Å². The second-order valence-corrected chi connectivity index (χ2v) is 10.3. The molecule has 1 aliphatic rings. The SMILES string of the molecule is C=Nc1c(C)nc(-c2c(OC)ncnc2C2CC2)nc1N(C(=O)Cc1ccc(SCC)nc1)C(C)C(F)(F)F. The first-order valence-corrected chi connectivity index (χ1v) is 13.3. The molecule has 9 nitrogen and oxygen atoms in total. The summed E-state index contributed by atoms with van der Waals surface area (Å²) in [6.07, 6.45) is -0.438. The Kier molecular flexibility index (Phi) is 8.48. The molecule has 39 heavy (non-hydrogen) atoms. The number of thioether (sulfide) groups is 1. The lowest BCUT2D eigenvalue weighted by Crippen LogP contribution is -2.48. The molecule has 1 aliphatic carbocycles. The number of ether oxygens (including phenoxy) is 1. The third-order valence-electron chi connectivity index (χ3n) is 6.22. The minimum atomic E-state index is -4.75. The number of pyridine rings is 1. The van der Waals surface area contributed by atoms with Crippen LogP contribution in [0.5, 0.6) is 5.88 Å². The van der Waals surface area contributed by atoms with Crippen LogP contribution in [0.3, 0.4) is 0 Å². The van der Waals surface area contributed by atoms with Gasteiger partial charge in [-0.05, 0) is 50.8 Å². The summed E-state index contributed by atoms with van der Waals surface area (Å²) in [5.74, 6) is 0.0496. The maximum atomic E-state index is 14.1. The van der Waals surface area contributed by atoms with Crippen molar-refractivity contribution < 1.29 is 22.7 Å². The first kappa shape index (κ1) is 28.4. The molecule has 0 radical (unpaired) electrons. The van der Waals surface area contributed by atoms with Crippen LogP contribution in [0, 0.1) is 6.92 Å². The normalized spacial score (nSPS) is 14.1. The van der Waals surface area contributed by atoms with Crippen molar-refractivity contribution >= 4 is 35.9 Å². The molecule has 3 aromatic rings. The minimum absolute atomic E-state index is 0.0280. The molecule has 0 aromatic carbocycles. The van der Waals surface area contributed by atoms with Gasteiger partial charge >= 0.3 is 6.18 Å². The molecule has 0 spiro atoms. The average Bonchev–Trinajstić information content (AvgIpc) is 3.74. The molecule has 1 amide bonds. The van der Waals surface area contributed by atoms with Gasteiger partial charge in [0.25, 0.3) is 0 Å². The molecular weight excluding hydrogens is 531 g/mol. The Morgan fingerprint density at radius 3 is 2.56 bits per heavy atom. The Labute approximate surface area is 228 Å². The third kappa shape index (κ3) is 6.18. The van der Waals surface area contributed by atoms with Gasteiger partial charge in [-0.25, -0.2) is 24.9 Å². The molecule has 1 unspecified atom stereocenters. The van der Waals surface area contributed by atoms with Crippen molar-refractivity contribution in [3.8, 4) is 17.3 Å². The van der Waals surface area contributed by atoms with Gasteiger partial charge in [0.2, 0.25) is 11.8 Å². The van der Waals surface area contributed by atoms with Crippen LogP contribution >= 0.6 is 11.8 Å². The van der Waals surface area contributed by atoms with E-state index in [2.05, 4.69) is 36.6 Å². The number of carbonyl (C=O) groups excluding carboxylic acids is 1. The van der Waals surface area contributed by atoms with Gasteiger partial charge < -0.3 is 4.74 Å². The van der Waals surface area contributed by atoms with Crippen LogP contribution in [0.15, 0.2) is 34.7 Å². The summed E-state index contributed by atoms with van der Waals surface area (Å²) in [7, 11) is 1.43. The lowest BCUT2D eigenvalue weighted by atomic mass is 10.1. The van der Waals surface area contributed by atoms with Crippen molar-refractivity contribution in [3.63, 3.8) is 0 Å². The van der Waals surface area contributed by atoms with Crippen LogP contribution in [0.2, 0.25) is 0 Å². The van der Waals surface area contributed by atoms with E-state index < -0.39 is 18.1 Å². The molecule has 3 aromatic heterocycles. The number of alkyl halides is 3. The van der Waals surface area contributed by atoms with Crippen molar-refractivity contribution in [2.24, 2.45) is 4.99 Å². The molecule has 0 bridgehead atoms. The number of aryl methyl sites for hydroxylation is 1. The van der Waals surface area contributed by atoms with Crippen LogP contribution in [0.1, 0.15) is 49.6 Å². The number of anilines is 1. The van der Waals surface area contributed by atoms with Gasteiger partial charge in [-0.2, -0.15) is 13.2 Å². The van der Waals surface area contributed by atoms with E-state index in [0.717, 1.165) is 30.5 Å². The first-order chi connectivity index (χ1) is 18.6. The van der Waals surface area contributed by atoms with Crippen molar-refractivity contribution in [1.29, 1.82) is 0 Å². The summed E-state index contributed by atoms with van der Waals surface area (Å²) in [4.78, 5) is 39.9. The smallest absolute Gasteiger partial charge is 0.409 e. The van der Waals surface area contributed by atoms with Gasteiger partial charge in [-0.15, -0.1) is 11.8 Å². The zero-order valence-electron chi connectivity index (χ0n) is 22.0. The van der Waals surface area contributed by atoms with Crippen molar-refractivity contribution in [3.05, 3.63) is 41.6 Å². The van der Waals surface area contributed by atoms with E-state index in [1.807, 2.05) is 6.92 Å². The minimum Gasteiger partial charge on any atom is -0.480 e.